The molecule has 1 aromatic rings. The van der Waals surface area contributed by atoms with Crippen LogP contribution in [-0.2, 0) is 15.9 Å². The first-order chi connectivity index (χ1) is 14.1. The van der Waals surface area contributed by atoms with E-state index in [1.165, 1.54) is 11.3 Å². The van der Waals surface area contributed by atoms with Gasteiger partial charge in [0.1, 0.15) is 0 Å². The number of guanidine groups is 1. The van der Waals surface area contributed by atoms with E-state index in [0.29, 0.717) is 6.10 Å². The van der Waals surface area contributed by atoms with Crippen LogP contribution in [0.4, 0.5) is 5.69 Å². The third-order valence-electron chi connectivity index (χ3n) is 5.26. The van der Waals surface area contributed by atoms with Crippen molar-refractivity contribution in [1.29, 1.82) is 0 Å². The first kappa shape index (κ1) is 23.5. The zero-order valence-corrected chi connectivity index (χ0v) is 18.8. The fourth-order valence-corrected chi connectivity index (χ4v) is 3.54. The molecule has 0 aliphatic carbocycles. The third kappa shape index (κ3) is 8.62. The highest BCUT2D eigenvalue weighted by atomic mass is 16.5. The van der Waals surface area contributed by atoms with Crippen molar-refractivity contribution in [3.8, 4) is 0 Å². The lowest BCUT2D eigenvalue weighted by Gasteiger charge is -2.34. The van der Waals surface area contributed by atoms with Gasteiger partial charge in [-0.15, -0.1) is 0 Å². The lowest BCUT2D eigenvalue weighted by molar-refractivity contribution is 0.00990. The number of aliphatic imine (C=N–C) groups is 1. The van der Waals surface area contributed by atoms with Gasteiger partial charge in [-0.1, -0.05) is 12.1 Å². The van der Waals surface area contributed by atoms with Crippen molar-refractivity contribution < 1.29 is 9.47 Å². The molecule has 0 bridgehead atoms. The Hall–Kier alpha value is -1.79. The maximum atomic E-state index is 5.97. The van der Waals surface area contributed by atoms with E-state index in [2.05, 4.69) is 60.4 Å². The summed E-state index contributed by atoms with van der Waals surface area (Å²) in [7, 11) is 5.88. The topological polar surface area (TPSA) is 49.3 Å². The molecule has 29 heavy (non-hydrogen) atoms. The van der Waals surface area contributed by atoms with Crippen LogP contribution in [0.1, 0.15) is 38.2 Å². The van der Waals surface area contributed by atoms with Gasteiger partial charge in [-0.2, -0.15) is 0 Å². The molecule has 0 atom stereocenters. The van der Waals surface area contributed by atoms with Crippen LogP contribution in [-0.4, -0.2) is 77.6 Å². The molecule has 0 radical (unpaired) electrons. The minimum Gasteiger partial charge on any atom is -0.385 e. The monoisotopic (exact) mass is 404 g/mol. The maximum absolute atomic E-state index is 5.97. The van der Waals surface area contributed by atoms with Gasteiger partial charge in [0.25, 0.3) is 0 Å². The number of nitrogens with zero attached hydrogens (tertiary/aromatic N) is 3. The quantitative estimate of drug-likeness (QED) is 0.349. The minimum atomic E-state index is 0.371. The van der Waals surface area contributed by atoms with Gasteiger partial charge in [-0.25, -0.2) is 0 Å². The molecule has 6 nitrogen and oxygen atoms in total. The second kappa shape index (κ2) is 13.4. The summed E-state index contributed by atoms with van der Waals surface area (Å²) < 4.78 is 11.1. The van der Waals surface area contributed by atoms with Crippen LogP contribution in [0, 0.1) is 0 Å². The number of benzene rings is 1. The van der Waals surface area contributed by atoms with Gasteiger partial charge in [0.2, 0.25) is 0 Å². The predicted molar refractivity (Wildman–Crippen MR) is 122 cm³/mol. The number of nitrogens with one attached hydrogen (secondary N) is 1. The first-order valence-electron chi connectivity index (χ1n) is 11.0. The summed E-state index contributed by atoms with van der Waals surface area (Å²) in [5, 5.41) is 3.46. The zero-order chi connectivity index (χ0) is 20.9. The van der Waals surface area contributed by atoms with Gasteiger partial charge in [-0.3, -0.25) is 4.99 Å². The van der Waals surface area contributed by atoms with Crippen LogP contribution in [0.2, 0.25) is 0 Å². The van der Waals surface area contributed by atoms with E-state index in [-0.39, 0.29) is 0 Å². The molecule has 1 saturated heterocycles. The van der Waals surface area contributed by atoms with Crippen LogP contribution in [0.5, 0.6) is 0 Å². The zero-order valence-electron chi connectivity index (χ0n) is 18.8. The van der Waals surface area contributed by atoms with E-state index in [1.54, 1.807) is 7.11 Å². The number of hydrogen-bond acceptors (Lipinski definition) is 4. The molecule has 2 rings (SSSR count). The van der Waals surface area contributed by atoms with Crippen LogP contribution < -0.4 is 10.2 Å². The van der Waals surface area contributed by atoms with E-state index in [9.17, 15) is 0 Å². The van der Waals surface area contributed by atoms with Gasteiger partial charge in [-0.05, 0) is 56.7 Å². The molecule has 1 aliphatic heterocycles. The number of likely N-dealkylation sites (tertiary alicyclic amines) is 1. The van der Waals surface area contributed by atoms with E-state index >= 15 is 0 Å². The van der Waals surface area contributed by atoms with Crippen LogP contribution >= 0.6 is 0 Å². The number of rotatable bonds is 11. The smallest absolute Gasteiger partial charge is 0.193 e. The molecule has 0 saturated carbocycles. The first-order valence-corrected chi connectivity index (χ1v) is 11.0. The third-order valence-corrected chi connectivity index (χ3v) is 5.26. The molecule has 1 fully saturated rings. The Labute approximate surface area is 177 Å². The Kier molecular flexibility index (Phi) is 10.9. The standard InChI is InChI=1S/C23H40N4O2/c1-5-24-23(27-16-13-22(14-17-27)29-19-7-18-28-4)25-15-6-8-20-9-11-21(12-10-20)26(2)3/h9-12,22H,5-8,13-19H2,1-4H3,(H,24,25). The number of methoxy groups -OCH3 is 1. The fraction of sp³-hybridized carbons (Fsp3) is 0.696. The molecular formula is C23H40N4O2. The number of anilines is 1. The Morgan fingerprint density at radius 2 is 1.86 bits per heavy atom. The summed E-state index contributed by atoms with van der Waals surface area (Å²) in [6.07, 6.45) is 5.60. The number of hydrogen-bond donors (Lipinski definition) is 1. The summed E-state index contributed by atoms with van der Waals surface area (Å²) in [4.78, 5) is 9.38. The highest BCUT2D eigenvalue weighted by Crippen LogP contribution is 2.15. The largest absolute Gasteiger partial charge is 0.385 e. The maximum Gasteiger partial charge on any atom is 0.193 e. The Balaban J connectivity index is 1.73. The molecule has 1 aliphatic rings. The van der Waals surface area contributed by atoms with Gasteiger partial charge in [0.15, 0.2) is 5.96 Å². The summed E-state index contributed by atoms with van der Waals surface area (Å²) in [6.45, 7) is 7.47. The molecule has 6 heteroatoms. The number of aryl methyl sites for hydroxylation is 1. The van der Waals surface area contributed by atoms with Gasteiger partial charge in [0.05, 0.1) is 6.10 Å². The van der Waals surface area contributed by atoms with Crippen LogP contribution in [0.15, 0.2) is 29.3 Å². The van der Waals surface area contributed by atoms with Crippen LogP contribution in [0.25, 0.3) is 0 Å². The van der Waals surface area contributed by atoms with Crippen molar-refractivity contribution >= 4 is 11.6 Å². The van der Waals surface area contributed by atoms with Gasteiger partial charge >= 0.3 is 0 Å². The second-order valence-corrected chi connectivity index (χ2v) is 7.80. The fourth-order valence-electron chi connectivity index (χ4n) is 3.54. The normalized spacial score (nSPS) is 15.6. The van der Waals surface area contributed by atoms with E-state index in [0.717, 1.165) is 77.5 Å². The lowest BCUT2D eigenvalue weighted by Crippen LogP contribution is -2.47. The van der Waals surface area contributed by atoms with Crippen molar-refractivity contribution in [1.82, 2.24) is 10.2 Å². The van der Waals surface area contributed by atoms with Gasteiger partial charge in [0, 0.05) is 66.3 Å². The van der Waals surface area contributed by atoms with Crippen molar-refractivity contribution in [3.05, 3.63) is 29.8 Å². The molecular weight excluding hydrogens is 364 g/mol. The van der Waals surface area contributed by atoms with E-state index in [4.69, 9.17) is 14.5 Å². The summed E-state index contributed by atoms with van der Waals surface area (Å²) in [5.41, 5.74) is 2.62. The van der Waals surface area contributed by atoms with Gasteiger partial charge < -0.3 is 24.6 Å². The van der Waals surface area contributed by atoms with E-state index in [1.807, 2.05) is 0 Å². The van der Waals surface area contributed by atoms with E-state index < -0.39 is 0 Å². The predicted octanol–water partition coefficient (Wildman–Crippen LogP) is 3.17. The molecule has 1 heterocycles. The minimum absolute atomic E-state index is 0.371. The molecule has 0 amide bonds. The molecule has 0 spiro atoms. The highest BCUT2D eigenvalue weighted by Gasteiger charge is 2.21. The second-order valence-electron chi connectivity index (χ2n) is 7.80. The lowest BCUT2D eigenvalue weighted by atomic mass is 10.1. The summed E-state index contributed by atoms with van der Waals surface area (Å²) >= 11 is 0. The van der Waals surface area contributed by atoms with Crippen LogP contribution in [0.3, 0.4) is 0 Å². The van der Waals surface area contributed by atoms with Crippen molar-refractivity contribution in [3.63, 3.8) is 0 Å². The molecule has 0 aromatic heterocycles. The SMILES string of the molecule is CCNC(=NCCCc1ccc(N(C)C)cc1)N1CCC(OCCCOC)CC1. The van der Waals surface area contributed by atoms with Crippen molar-refractivity contribution in [2.24, 2.45) is 4.99 Å². The average molecular weight is 405 g/mol. The van der Waals surface area contributed by atoms with Crippen molar-refractivity contribution in [2.45, 2.75) is 45.1 Å². The molecule has 0 unspecified atom stereocenters. The Morgan fingerprint density at radius 1 is 1.14 bits per heavy atom. The molecule has 164 valence electrons. The summed E-state index contributed by atoms with van der Waals surface area (Å²) in [6, 6.07) is 8.82. The van der Waals surface area contributed by atoms with Crippen molar-refractivity contribution in [2.75, 3.05) is 65.5 Å². The average Bonchev–Trinajstić information content (AvgIpc) is 2.74. The number of ether oxygens (including phenoxy) is 2. The molecule has 1 N–H and O–H groups in total. The Bertz CT molecular complexity index is 581. The number of piperidine rings is 1. The summed E-state index contributed by atoms with van der Waals surface area (Å²) in [5.74, 6) is 1.05. The Morgan fingerprint density at radius 3 is 2.48 bits per heavy atom. The molecule has 1 aromatic carbocycles. The highest BCUT2D eigenvalue weighted by molar-refractivity contribution is 5.80.